The summed E-state index contributed by atoms with van der Waals surface area (Å²) in [6.45, 7) is 7.62. The molecule has 1 aliphatic carbocycles. The van der Waals surface area contributed by atoms with E-state index in [-0.39, 0.29) is 63.1 Å². The average Bonchev–Trinajstić information content (AvgIpc) is 3.33. The molecule has 5 heterocycles. The Hall–Kier alpha value is -3.46. The van der Waals surface area contributed by atoms with Gasteiger partial charge in [0.2, 0.25) is 0 Å². The zero-order chi connectivity index (χ0) is 35.9. The SMILES string of the molecule is CCc1c(F)ccc2cc(O)cc(-c3c(SC(F)(F)F)cc4c(N5CC6CCC(C5)N6)nc(OCC5(CN6C[C@H]7COC[C@H]7C6)CC5)nc4c3F)c12. The van der Waals surface area contributed by atoms with Gasteiger partial charge in [-0.25, -0.2) is 8.78 Å². The molecule has 0 amide bonds. The van der Waals surface area contributed by atoms with Crippen molar-refractivity contribution in [3.05, 3.63) is 47.5 Å². The predicted octanol–water partition coefficient (Wildman–Crippen LogP) is 7.29. The zero-order valence-corrected chi connectivity index (χ0v) is 29.6. The number of nitrogens with one attached hydrogen (secondary N) is 1. The number of ether oxygens (including phenoxy) is 2. The van der Waals surface area contributed by atoms with Crippen LogP contribution in [0.5, 0.6) is 11.8 Å². The first-order valence-electron chi connectivity index (χ1n) is 18.1. The molecule has 4 saturated heterocycles. The Morgan fingerprint density at radius 2 is 1.75 bits per heavy atom. The Kier molecular flexibility index (Phi) is 8.48. The molecule has 2 unspecified atom stereocenters. The van der Waals surface area contributed by atoms with E-state index in [1.807, 2.05) is 4.90 Å². The Morgan fingerprint density at radius 3 is 2.42 bits per heavy atom. The number of hydrogen-bond acceptors (Lipinski definition) is 9. The quantitative estimate of drug-likeness (QED) is 0.136. The van der Waals surface area contributed by atoms with E-state index in [0.717, 1.165) is 58.5 Å². The average molecular weight is 742 g/mol. The summed E-state index contributed by atoms with van der Waals surface area (Å²) in [5.41, 5.74) is -5.28. The van der Waals surface area contributed by atoms with Gasteiger partial charge in [-0.3, -0.25) is 0 Å². The van der Waals surface area contributed by atoms with E-state index in [9.17, 15) is 18.3 Å². The number of aromatic hydroxyl groups is 1. The smallest absolute Gasteiger partial charge is 0.446 e. The maximum Gasteiger partial charge on any atom is 0.446 e. The summed E-state index contributed by atoms with van der Waals surface area (Å²) >= 11 is -0.446. The van der Waals surface area contributed by atoms with E-state index >= 15 is 8.78 Å². The summed E-state index contributed by atoms with van der Waals surface area (Å²) in [4.78, 5) is 13.4. The second-order valence-corrected chi connectivity index (χ2v) is 16.5. The molecule has 52 heavy (non-hydrogen) atoms. The van der Waals surface area contributed by atoms with E-state index in [1.54, 1.807) is 6.92 Å². The molecule has 2 bridgehead atoms. The van der Waals surface area contributed by atoms with Crippen molar-refractivity contribution in [3.63, 3.8) is 0 Å². The van der Waals surface area contributed by atoms with E-state index in [0.29, 0.717) is 42.7 Å². The number of nitrogens with zero attached hydrogens (tertiary/aromatic N) is 4. The molecule has 2 N–H and O–H groups in total. The van der Waals surface area contributed by atoms with Gasteiger partial charge in [0.25, 0.3) is 0 Å². The molecule has 5 fully saturated rings. The maximum absolute atomic E-state index is 17.4. The van der Waals surface area contributed by atoms with Crippen molar-refractivity contribution >= 4 is 39.3 Å². The first-order chi connectivity index (χ1) is 25.0. The minimum atomic E-state index is -4.78. The molecule has 3 aromatic carbocycles. The topological polar surface area (TPSA) is 83.0 Å². The lowest BCUT2D eigenvalue weighted by Crippen LogP contribution is -2.51. The fourth-order valence-corrected chi connectivity index (χ4v) is 9.80. The van der Waals surface area contributed by atoms with Crippen LogP contribution in [0, 0.1) is 28.9 Å². The fraction of sp³-hybridized carbons (Fsp3) is 0.526. The lowest BCUT2D eigenvalue weighted by atomic mass is 9.92. The van der Waals surface area contributed by atoms with Crippen LogP contribution in [0.3, 0.4) is 0 Å². The van der Waals surface area contributed by atoms with Crippen molar-refractivity contribution < 1.29 is 36.5 Å². The number of anilines is 1. The molecule has 0 radical (unpaired) electrons. The van der Waals surface area contributed by atoms with E-state index in [1.165, 1.54) is 30.3 Å². The third-order valence-electron chi connectivity index (χ3n) is 11.7. The number of halogens is 5. The first-order valence-corrected chi connectivity index (χ1v) is 19.0. The number of benzene rings is 3. The van der Waals surface area contributed by atoms with Gasteiger partial charge in [-0.1, -0.05) is 13.0 Å². The molecule has 4 aliphatic heterocycles. The van der Waals surface area contributed by atoms with Crippen LogP contribution in [0.4, 0.5) is 27.8 Å². The number of phenolic OH excluding ortho intramolecular Hbond substituents is 1. The number of thioether (sulfide) groups is 1. The van der Waals surface area contributed by atoms with E-state index in [4.69, 9.17) is 14.5 Å². The highest BCUT2D eigenvalue weighted by Crippen LogP contribution is 2.50. The van der Waals surface area contributed by atoms with Gasteiger partial charge in [0.05, 0.1) is 19.8 Å². The van der Waals surface area contributed by atoms with E-state index < -0.39 is 39.4 Å². The number of phenols is 1. The molecule has 14 heteroatoms. The van der Waals surface area contributed by atoms with Crippen molar-refractivity contribution in [2.24, 2.45) is 17.3 Å². The van der Waals surface area contributed by atoms with Gasteiger partial charge in [-0.15, -0.1) is 0 Å². The molecule has 5 aliphatic rings. The third-order valence-corrected chi connectivity index (χ3v) is 12.5. The maximum atomic E-state index is 17.4. The molecule has 1 saturated carbocycles. The minimum Gasteiger partial charge on any atom is -0.508 e. The second-order valence-electron chi connectivity index (χ2n) is 15.4. The predicted molar refractivity (Wildman–Crippen MR) is 189 cm³/mol. The number of piperazine rings is 1. The molecule has 8 nitrogen and oxygen atoms in total. The zero-order valence-electron chi connectivity index (χ0n) is 28.7. The number of aryl methyl sites for hydroxylation is 1. The summed E-state index contributed by atoms with van der Waals surface area (Å²) in [6.07, 6.45) is 4.06. The molecule has 1 aromatic heterocycles. The highest BCUT2D eigenvalue weighted by molar-refractivity contribution is 8.00. The number of hydrogen-bond donors (Lipinski definition) is 2. The molecule has 4 atom stereocenters. The van der Waals surface area contributed by atoms with Crippen LogP contribution in [0.25, 0.3) is 32.8 Å². The van der Waals surface area contributed by atoms with Gasteiger partial charge >= 0.3 is 11.5 Å². The van der Waals surface area contributed by atoms with Crippen LogP contribution in [0.15, 0.2) is 35.2 Å². The third kappa shape index (κ3) is 6.32. The van der Waals surface area contributed by atoms with Crippen LogP contribution in [-0.4, -0.2) is 90.1 Å². The Balaban J connectivity index is 1.17. The van der Waals surface area contributed by atoms with Crippen molar-refractivity contribution in [3.8, 4) is 22.9 Å². The van der Waals surface area contributed by atoms with Crippen LogP contribution >= 0.6 is 11.8 Å². The number of likely N-dealkylation sites (tertiary alicyclic amines) is 1. The molecule has 276 valence electrons. The van der Waals surface area contributed by atoms with Gasteiger partial charge in [0.15, 0.2) is 5.82 Å². The summed E-state index contributed by atoms with van der Waals surface area (Å²) in [7, 11) is 0. The highest BCUT2D eigenvalue weighted by Gasteiger charge is 2.48. The lowest BCUT2D eigenvalue weighted by molar-refractivity contribution is -0.0328. The highest BCUT2D eigenvalue weighted by atomic mass is 32.2. The summed E-state index contributed by atoms with van der Waals surface area (Å²) in [6, 6.07) is 6.88. The Labute approximate surface area is 302 Å². The fourth-order valence-electron chi connectivity index (χ4n) is 9.07. The minimum absolute atomic E-state index is 0.0338. The van der Waals surface area contributed by atoms with Crippen LogP contribution < -0.4 is 15.0 Å². The standard InChI is InChI=1S/C38H40F5N5O3S/c1-2-26-29(39)6-3-20-9-25(49)10-27(31(20)26)32-30(52-38(41,42)43)11-28-34(33(32)40)45-36(46-35(28)48-14-23-4-5-24(15-48)44-23)51-19-37(7-8-37)18-47-12-21-16-50-17-22(21)13-47/h3,6,9-11,21-24,44,49H,2,4-5,7-8,12-19H2,1H3/t21-,22+,23?,24?. The number of alkyl halides is 3. The molecule has 9 rings (SSSR count). The molecular weight excluding hydrogens is 702 g/mol. The number of fused-ring (bicyclic) bond motifs is 5. The van der Waals surface area contributed by atoms with Gasteiger partial charge in [0, 0.05) is 77.9 Å². The largest absolute Gasteiger partial charge is 0.508 e. The van der Waals surface area contributed by atoms with Gasteiger partial charge in [-0.2, -0.15) is 23.1 Å². The number of rotatable bonds is 9. The molecular formula is C38H40F5N5O3S. The molecule has 4 aromatic rings. The lowest BCUT2D eigenvalue weighted by Gasteiger charge is -2.34. The first kappa shape index (κ1) is 34.3. The molecule has 0 spiro atoms. The van der Waals surface area contributed by atoms with Gasteiger partial charge in [-0.05, 0) is 90.0 Å². The van der Waals surface area contributed by atoms with Crippen LogP contribution in [-0.2, 0) is 11.2 Å². The Morgan fingerprint density at radius 1 is 1.02 bits per heavy atom. The number of aromatic nitrogens is 2. The van der Waals surface area contributed by atoms with Crippen molar-refractivity contribution in [1.82, 2.24) is 20.2 Å². The van der Waals surface area contributed by atoms with Crippen molar-refractivity contribution in [2.75, 3.05) is 57.4 Å². The summed E-state index contributed by atoms with van der Waals surface area (Å²) < 4.78 is 87.4. The normalized spacial score (nSPS) is 25.4. The summed E-state index contributed by atoms with van der Waals surface area (Å²) in [5, 5.41) is 15.1. The van der Waals surface area contributed by atoms with Gasteiger partial charge in [0.1, 0.15) is 22.9 Å². The van der Waals surface area contributed by atoms with Crippen LogP contribution in [0.2, 0.25) is 0 Å². The second kappa shape index (κ2) is 12.8. The van der Waals surface area contributed by atoms with Gasteiger partial charge < -0.3 is 29.7 Å². The van der Waals surface area contributed by atoms with Crippen molar-refractivity contribution in [2.45, 2.75) is 61.5 Å². The van der Waals surface area contributed by atoms with Crippen molar-refractivity contribution in [1.29, 1.82) is 0 Å². The van der Waals surface area contributed by atoms with Crippen LogP contribution in [0.1, 0.15) is 38.2 Å². The van der Waals surface area contributed by atoms with E-state index in [2.05, 4.69) is 15.2 Å². The Bertz CT molecular complexity index is 2040. The monoisotopic (exact) mass is 741 g/mol. The summed E-state index contributed by atoms with van der Waals surface area (Å²) in [5.74, 6) is -0.424.